The maximum absolute atomic E-state index is 13.0. The highest BCUT2D eigenvalue weighted by molar-refractivity contribution is 6.36. The highest BCUT2D eigenvalue weighted by Gasteiger charge is 2.18. The van der Waals surface area contributed by atoms with Crippen LogP contribution in [0.5, 0.6) is 11.5 Å². The van der Waals surface area contributed by atoms with Crippen molar-refractivity contribution in [2.45, 2.75) is 0 Å². The molecule has 4 rings (SSSR count). The number of anilines is 3. The molecule has 0 fully saturated rings. The minimum atomic E-state index is -0.981. The van der Waals surface area contributed by atoms with Gasteiger partial charge in [-0.15, -0.1) is 0 Å². The van der Waals surface area contributed by atoms with Crippen LogP contribution in [0.1, 0.15) is 10.4 Å². The Bertz CT molecular complexity index is 1510. The molecule has 1 amide bonds. The van der Waals surface area contributed by atoms with Crippen LogP contribution in [0.2, 0.25) is 0 Å². The average Bonchev–Trinajstić information content (AvgIpc) is 3.20. The lowest BCUT2D eigenvalue weighted by Gasteiger charge is -2.13. The molecule has 0 saturated carbocycles. The molecule has 14 heteroatoms. The van der Waals surface area contributed by atoms with E-state index in [4.69, 9.17) is 13.6 Å². The van der Waals surface area contributed by atoms with E-state index < -0.39 is 34.0 Å². The summed E-state index contributed by atoms with van der Waals surface area (Å²) in [5.41, 5.74) is 3.39. The predicted molar refractivity (Wildman–Crippen MR) is 116 cm³/mol. The fraction of sp³-hybridized carbons (Fsp3) is 0.0556. The lowest BCUT2D eigenvalue weighted by Crippen LogP contribution is -2.27. The maximum atomic E-state index is 13.0. The monoisotopic (exact) mass is 434 g/mol. The molecule has 0 saturated heterocycles. The number of rotatable bonds is 5. The first-order valence-corrected chi connectivity index (χ1v) is 9.02. The van der Waals surface area contributed by atoms with Gasteiger partial charge in [-0.25, -0.2) is 4.98 Å². The Hall–Kier alpha value is -4.75. The number of aromatic amines is 1. The van der Waals surface area contributed by atoms with Crippen molar-refractivity contribution >= 4 is 42.2 Å². The average molecular weight is 434 g/mol. The van der Waals surface area contributed by atoms with Gasteiger partial charge in [0.05, 0.1) is 6.20 Å². The number of fused-ring (bicyclic) bond motifs is 1. The molecule has 0 aliphatic carbocycles. The van der Waals surface area contributed by atoms with E-state index in [1.165, 1.54) is 29.0 Å². The van der Waals surface area contributed by atoms with Gasteiger partial charge in [-0.2, -0.15) is 9.61 Å². The third-order valence-corrected chi connectivity index (χ3v) is 4.63. The lowest BCUT2D eigenvalue weighted by atomic mass is 9.95. The van der Waals surface area contributed by atoms with Gasteiger partial charge >= 0.3 is 0 Å². The van der Waals surface area contributed by atoms with E-state index in [1.54, 1.807) is 13.1 Å². The van der Waals surface area contributed by atoms with Gasteiger partial charge in [0.2, 0.25) is 0 Å². The minimum absolute atomic E-state index is 0.0124. The molecule has 0 aromatic carbocycles. The van der Waals surface area contributed by atoms with Gasteiger partial charge in [0.25, 0.3) is 17.0 Å². The van der Waals surface area contributed by atoms with Gasteiger partial charge in [0.15, 0.2) is 23.0 Å². The molecule has 4 heterocycles. The number of nitrogens with one attached hydrogen (secondary N) is 3. The van der Waals surface area contributed by atoms with Crippen LogP contribution in [-0.4, -0.2) is 55.2 Å². The summed E-state index contributed by atoms with van der Waals surface area (Å²) in [6.07, 6.45) is 2.56. The first kappa shape index (κ1) is 20.5. The van der Waals surface area contributed by atoms with Gasteiger partial charge in [-0.1, -0.05) is 0 Å². The van der Waals surface area contributed by atoms with Crippen molar-refractivity contribution < 1.29 is 15.0 Å². The third kappa shape index (κ3) is 3.19. The Morgan fingerprint density at radius 3 is 2.72 bits per heavy atom. The molecular formula is C18H15BN8O5. The molecule has 0 bridgehead atoms. The highest BCUT2D eigenvalue weighted by Crippen LogP contribution is 2.21. The number of carbonyl (C=O) groups is 1. The zero-order chi connectivity index (χ0) is 23.2. The summed E-state index contributed by atoms with van der Waals surface area (Å²) in [5, 5.41) is 29.6. The van der Waals surface area contributed by atoms with Gasteiger partial charge in [0, 0.05) is 19.3 Å². The summed E-state index contributed by atoms with van der Waals surface area (Å²) >= 11 is 0. The fourth-order valence-electron chi connectivity index (χ4n) is 3.04. The molecule has 160 valence electrons. The first-order valence-electron chi connectivity index (χ1n) is 9.02. The number of pyridine rings is 2. The van der Waals surface area contributed by atoms with E-state index in [9.17, 15) is 24.6 Å². The predicted octanol–water partition coefficient (Wildman–Crippen LogP) is -1.34. The number of aromatic hydroxyl groups is 2. The summed E-state index contributed by atoms with van der Waals surface area (Å²) in [6, 6.07) is 4.45. The summed E-state index contributed by atoms with van der Waals surface area (Å²) in [4.78, 5) is 43.0. The van der Waals surface area contributed by atoms with Crippen LogP contribution < -0.4 is 32.9 Å². The lowest BCUT2D eigenvalue weighted by molar-refractivity contribution is 0.100. The number of nitrogens with two attached hydrogens (primary N) is 1. The molecule has 2 radical (unpaired) electrons. The smallest absolute Gasteiger partial charge is 0.291 e. The second kappa shape index (κ2) is 7.50. The molecule has 13 nitrogen and oxygen atoms in total. The van der Waals surface area contributed by atoms with Gasteiger partial charge in [0.1, 0.15) is 30.7 Å². The maximum Gasteiger partial charge on any atom is 0.291 e. The number of primary amides is 1. The van der Waals surface area contributed by atoms with Gasteiger partial charge in [-0.3, -0.25) is 19.0 Å². The molecule has 0 aliphatic heterocycles. The van der Waals surface area contributed by atoms with E-state index in [0.717, 1.165) is 4.57 Å². The van der Waals surface area contributed by atoms with Crippen molar-refractivity contribution in [1.82, 2.24) is 24.1 Å². The van der Waals surface area contributed by atoms with Crippen LogP contribution >= 0.6 is 0 Å². The topological polar surface area (TPSA) is 193 Å². The molecule has 4 aromatic rings. The van der Waals surface area contributed by atoms with Crippen LogP contribution in [0.3, 0.4) is 0 Å². The van der Waals surface area contributed by atoms with Crippen LogP contribution in [0.25, 0.3) is 11.5 Å². The Kier molecular flexibility index (Phi) is 4.81. The molecule has 7 N–H and O–H groups in total. The standard InChI is InChI=1S/C18H15BN8O5/c1-21-10-5-9(24-15-7(14(20)30)6-22-27(10)15)23-8-3-2-4-26(18(8)32)16-12(28)11(19)13(29)17(31)25-16/h2-6,21,28-29H,1H3,(H2,20,30)(H,23,24)(H,25,31). The van der Waals surface area contributed by atoms with Crippen LogP contribution in [-0.2, 0) is 0 Å². The van der Waals surface area contributed by atoms with Crippen LogP contribution in [0.4, 0.5) is 17.3 Å². The van der Waals surface area contributed by atoms with Crippen LogP contribution in [0, 0.1) is 0 Å². The number of amides is 1. The van der Waals surface area contributed by atoms with E-state index in [0.29, 0.717) is 5.82 Å². The first-order chi connectivity index (χ1) is 15.2. The summed E-state index contributed by atoms with van der Waals surface area (Å²) in [6.45, 7) is 0. The second-order valence-electron chi connectivity index (χ2n) is 6.57. The van der Waals surface area contributed by atoms with Gasteiger partial charge in [-0.05, 0) is 17.6 Å². The number of H-pyrrole nitrogens is 1. The number of aromatic nitrogens is 5. The summed E-state index contributed by atoms with van der Waals surface area (Å²) in [7, 11) is 7.16. The number of hydrogen-bond donors (Lipinski definition) is 6. The van der Waals surface area contributed by atoms with Crippen molar-refractivity contribution in [3.63, 3.8) is 0 Å². The fourth-order valence-corrected chi connectivity index (χ4v) is 3.04. The quantitative estimate of drug-likeness (QED) is 0.206. The van der Waals surface area contributed by atoms with Crippen molar-refractivity contribution in [1.29, 1.82) is 0 Å². The third-order valence-electron chi connectivity index (χ3n) is 4.63. The number of nitrogens with zero attached hydrogens (tertiary/aromatic N) is 4. The molecular weight excluding hydrogens is 419 g/mol. The van der Waals surface area contributed by atoms with Crippen LogP contribution in [0.15, 0.2) is 40.2 Å². The van der Waals surface area contributed by atoms with Crippen molar-refractivity contribution in [3.05, 3.63) is 56.9 Å². The number of hydrogen-bond acceptors (Lipinski definition) is 9. The Morgan fingerprint density at radius 2 is 2.03 bits per heavy atom. The number of carbonyl (C=O) groups excluding carboxylic acids is 1. The molecule has 0 atom stereocenters. The Morgan fingerprint density at radius 1 is 1.28 bits per heavy atom. The largest absolute Gasteiger partial charge is 0.505 e. The zero-order valence-corrected chi connectivity index (χ0v) is 16.4. The second-order valence-corrected chi connectivity index (χ2v) is 6.57. The Labute approximate surface area is 179 Å². The van der Waals surface area contributed by atoms with Gasteiger partial charge < -0.3 is 31.6 Å². The normalized spacial score (nSPS) is 10.9. The van der Waals surface area contributed by atoms with E-state index in [-0.39, 0.29) is 28.5 Å². The molecule has 4 aromatic heterocycles. The Balaban J connectivity index is 1.83. The van der Waals surface area contributed by atoms with Crippen molar-refractivity contribution in [3.8, 4) is 17.3 Å². The van der Waals surface area contributed by atoms with E-state index >= 15 is 0 Å². The van der Waals surface area contributed by atoms with E-state index in [1.807, 2.05) is 0 Å². The summed E-state index contributed by atoms with van der Waals surface area (Å²) in [5.74, 6) is -1.96. The molecule has 0 unspecified atom stereocenters. The SMILES string of the molecule is [B]c1c(O)c(-n2cccc(Nc3cc(NC)n4ncc(C(N)=O)c4n3)c2=O)[nH]c(=O)c1O. The molecule has 32 heavy (non-hydrogen) atoms. The highest BCUT2D eigenvalue weighted by atomic mass is 16.3. The molecule has 0 aliphatic rings. The van der Waals surface area contributed by atoms with Crippen molar-refractivity contribution in [2.24, 2.45) is 5.73 Å². The zero-order valence-electron chi connectivity index (χ0n) is 16.4. The van der Waals surface area contributed by atoms with Crippen molar-refractivity contribution in [2.75, 3.05) is 17.7 Å². The van der Waals surface area contributed by atoms with E-state index in [2.05, 4.69) is 25.7 Å². The minimum Gasteiger partial charge on any atom is -0.505 e. The summed E-state index contributed by atoms with van der Waals surface area (Å²) < 4.78 is 2.30. The molecule has 0 spiro atoms.